The van der Waals surface area contributed by atoms with Gasteiger partial charge >= 0.3 is 0 Å². The van der Waals surface area contributed by atoms with Gasteiger partial charge in [0.25, 0.3) is 0 Å². The first-order chi connectivity index (χ1) is 8.05. The number of likely N-dealkylation sites (N-methyl/N-ethyl adjacent to an activating group) is 1. The second kappa shape index (κ2) is 6.14. The number of ether oxygens (including phenoxy) is 1. The van der Waals surface area contributed by atoms with Crippen molar-refractivity contribution in [1.29, 1.82) is 0 Å². The van der Waals surface area contributed by atoms with Gasteiger partial charge in [0.05, 0.1) is 16.8 Å². The van der Waals surface area contributed by atoms with E-state index in [4.69, 9.17) is 4.74 Å². The van der Waals surface area contributed by atoms with Crippen molar-refractivity contribution in [2.24, 2.45) is 0 Å². The minimum Gasteiger partial charge on any atom is -0.375 e. The van der Waals surface area contributed by atoms with E-state index in [-0.39, 0.29) is 11.9 Å². The Bertz CT molecular complexity index is 439. The number of methoxy groups -OCH3 is 1. The van der Waals surface area contributed by atoms with Crippen LogP contribution in [0.2, 0.25) is 0 Å². The summed E-state index contributed by atoms with van der Waals surface area (Å²) in [6.07, 6.45) is -0.0571. The summed E-state index contributed by atoms with van der Waals surface area (Å²) in [7, 11) is 0.371. The van der Waals surface area contributed by atoms with Gasteiger partial charge in [-0.25, -0.2) is 8.42 Å². The zero-order chi connectivity index (χ0) is 12.9. The van der Waals surface area contributed by atoms with Gasteiger partial charge < -0.3 is 10.1 Å². The highest BCUT2D eigenvalue weighted by Crippen LogP contribution is 2.19. The highest BCUT2D eigenvalue weighted by molar-refractivity contribution is 7.91. The average Bonchev–Trinajstić information content (AvgIpc) is 2.36. The summed E-state index contributed by atoms with van der Waals surface area (Å²) in [6, 6.07) is 6.87. The minimum atomic E-state index is -3.12. The van der Waals surface area contributed by atoms with Crippen molar-refractivity contribution in [3.8, 4) is 0 Å². The van der Waals surface area contributed by atoms with E-state index in [1.165, 1.54) is 0 Å². The third-order valence-corrected chi connectivity index (χ3v) is 4.42. The second-order valence-electron chi connectivity index (χ2n) is 3.75. The lowest BCUT2D eigenvalue weighted by Crippen LogP contribution is -2.18. The van der Waals surface area contributed by atoms with E-state index in [9.17, 15) is 8.42 Å². The molecule has 0 fully saturated rings. The highest BCUT2D eigenvalue weighted by atomic mass is 32.2. The number of hydrogen-bond acceptors (Lipinski definition) is 4. The van der Waals surface area contributed by atoms with Crippen molar-refractivity contribution in [2.45, 2.75) is 17.9 Å². The lowest BCUT2D eigenvalue weighted by molar-refractivity contribution is 0.104. The first kappa shape index (κ1) is 14.2. The van der Waals surface area contributed by atoms with E-state index in [0.29, 0.717) is 11.4 Å². The molecule has 0 aliphatic heterocycles. The molecule has 0 bridgehead atoms. The Morgan fingerprint density at radius 2 is 1.88 bits per heavy atom. The maximum absolute atomic E-state index is 11.6. The molecule has 17 heavy (non-hydrogen) atoms. The minimum absolute atomic E-state index is 0.0571. The van der Waals surface area contributed by atoms with E-state index in [1.54, 1.807) is 38.3 Å². The molecule has 0 amide bonds. The summed E-state index contributed by atoms with van der Waals surface area (Å²) >= 11 is 0. The Morgan fingerprint density at radius 1 is 1.29 bits per heavy atom. The smallest absolute Gasteiger partial charge is 0.178 e. The largest absolute Gasteiger partial charge is 0.375 e. The molecule has 1 N–H and O–H groups in total. The number of benzene rings is 1. The number of hydrogen-bond donors (Lipinski definition) is 1. The Morgan fingerprint density at radius 3 is 2.29 bits per heavy atom. The van der Waals surface area contributed by atoms with Crippen molar-refractivity contribution in [3.05, 3.63) is 29.8 Å². The van der Waals surface area contributed by atoms with E-state index >= 15 is 0 Å². The molecule has 0 aliphatic rings. The second-order valence-corrected chi connectivity index (χ2v) is 6.03. The summed E-state index contributed by atoms with van der Waals surface area (Å²) in [5.74, 6) is 0.122. The van der Waals surface area contributed by atoms with Gasteiger partial charge in [0.2, 0.25) is 0 Å². The third-order valence-electron chi connectivity index (χ3n) is 2.67. The van der Waals surface area contributed by atoms with Gasteiger partial charge in [0.1, 0.15) is 0 Å². The van der Waals surface area contributed by atoms with Crippen LogP contribution in [-0.4, -0.2) is 34.9 Å². The maximum atomic E-state index is 11.6. The quantitative estimate of drug-likeness (QED) is 0.836. The van der Waals surface area contributed by atoms with Crippen LogP contribution in [0, 0.1) is 0 Å². The van der Waals surface area contributed by atoms with Crippen molar-refractivity contribution in [2.75, 3.05) is 26.5 Å². The predicted octanol–water partition coefficient (Wildman–Crippen LogP) is 1.39. The third kappa shape index (κ3) is 3.52. The predicted molar refractivity (Wildman–Crippen MR) is 67.8 cm³/mol. The molecule has 96 valence electrons. The molecule has 1 atom stereocenters. The molecule has 0 saturated heterocycles. The van der Waals surface area contributed by atoms with Crippen LogP contribution < -0.4 is 5.32 Å². The standard InChI is InChI=1S/C12H19NO3S/c1-4-17(14,15)11-7-5-10(6-8-11)12(16-3)9-13-2/h5-8,12-13H,4,9H2,1-3H3. The van der Waals surface area contributed by atoms with Crippen LogP contribution in [0.1, 0.15) is 18.6 Å². The Labute approximate surface area is 103 Å². The molecule has 1 unspecified atom stereocenters. The van der Waals surface area contributed by atoms with Crippen LogP contribution in [0.5, 0.6) is 0 Å². The van der Waals surface area contributed by atoms with Gasteiger partial charge in [-0.2, -0.15) is 0 Å². The monoisotopic (exact) mass is 257 g/mol. The first-order valence-corrected chi connectivity index (χ1v) is 7.20. The fourth-order valence-electron chi connectivity index (χ4n) is 1.58. The van der Waals surface area contributed by atoms with Crippen LogP contribution in [0.25, 0.3) is 0 Å². The number of nitrogens with one attached hydrogen (secondary N) is 1. The summed E-state index contributed by atoms with van der Waals surface area (Å²) in [4.78, 5) is 0.364. The molecule has 0 aliphatic carbocycles. The molecular weight excluding hydrogens is 238 g/mol. The van der Waals surface area contributed by atoms with E-state index in [2.05, 4.69) is 5.32 Å². The van der Waals surface area contributed by atoms with E-state index in [1.807, 2.05) is 7.05 Å². The Hall–Kier alpha value is -0.910. The van der Waals surface area contributed by atoms with Gasteiger partial charge in [0.15, 0.2) is 9.84 Å². The molecule has 1 aromatic carbocycles. The summed E-state index contributed by atoms with van der Waals surface area (Å²) in [5, 5.41) is 3.03. The van der Waals surface area contributed by atoms with Crippen LogP contribution in [0.15, 0.2) is 29.2 Å². The van der Waals surface area contributed by atoms with Crippen LogP contribution in [0.3, 0.4) is 0 Å². The van der Waals surface area contributed by atoms with Crippen molar-refractivity contribution < 1.29 is 13.2 Å². The summed E-state index contributed by atoms with van der Waals surface area (Å²) < 4.78 is 28.6. The van der Waals surface area contributed by atoms with Crippen LogP contribution >= 0.6 is 0 Å². The normalized spacial score (nSPS) is 13.6. The number of sulfone groups is 1. The van der Waals surface area contributed by atoms with E-state index < -0.39 is 9.84 Å². The van der Waals surface area contributed by atoms with Gasteiger partial charge in [-0.3, -0.25) is 0 Å². The lowest BCUT2D eigenvalue weighted by atomic mass is 10.1. The molecule has 1 aromatic rings. The Kier molecular flexibility index (Phi) is 5.11. The summed E-state index contributed by atoms with van der Waals surface area (Å²) in [6.45, 7) is 2.33. The zero-order valence-electron chi connectivity index (χ0n) is 10.4. The SMILES string of the molecule is CCS(=O)(=O)c1ccc(C(CNC)OC)cc1. The molecule has 0 heterocycles. The number of rotatable bonds is 6. The van der Waals surface area contributed by atoms with Gasteiger partial charge in [-0.05, 0) is 24.7 Å². The van der Waals surface area contributed by atoms with Crippen LogP contribution in [-0.2, 0) is 14.6 Å². The maximum Gasteiger partial charge on any atom is 0.178 e. The van der Waals surface area contributed by atoms with Crippen molar-refractivity contribution in [3.63, 3.8) is 0 Å². The molecule has 0 spiro atoms. The molecular formula is C12H19NO3S. The fraction of sp³-hybridized carbons (Fsp3) is 0.500. The van der Waals surface area contributed by atoms with Gasteiger partial charge in [-0.1, -0.05) is 19.1 Å². The topological polar surface area (TPSA) is 55.4 Å². The van der Waals surface area contributed by atoms with E-state index in [0.717, 1.165) is 5.56 Å². The molecule has 1 rings (SSSR count). The van der Waals surface area contributed by atoms with Gasteiger partial charge in [-0.15, -0.1) is 0 Å². The van der Waals surface area contributed by atoms with Crippen molar-refractivity contribution >= 4 is 9.84 Å². The fourth-order valence-corrected chi connectivity index (χ4v) is 2.46. The van der Waals surface area contributed by atoms with Crippen molar-refractivity contribution in [1.82, 2.24) is 5.32 Å². The average molecular weight is 257 g/mol. The summed E-state index contributed by atoms with van der Waals surface area (Å²) in [5.41, 5.74) is 0.969. The molecule has 5 heteroatoms. The lowest BCUT2D eigenvalue weighted by Gasteiger charge is -2.15. The Balaban J connectivity index is 2.95. The van der Waals surface area contributed by atoms with Crippen LogP contribution in [0.4, 0.5) is 0 Å². The van der Waals surface area contributed by atoms with Gasteiger partial charge in [0, 0.05) is 13.7 Å². The molecule has 0 saturated carbocycles. The zero-order valence-corrected chi connectivity index (χ0v) is 11.3. The molecule has 0 radical (unpaired) electrons. The first-order valence-electron chi connectivity index (χ1n) is 5.55. The molecule has 0 aromatic heterocycles. The molecule has 4 nitrogen and oxygen atoms in total. The highest BCUT2D eigenvalue weighted by Gasteiger charge is 2.13.